The average Bonchev–Trinajstić information content (AvgIpc) is 2.66. The zero-order chi connectivity index (χ0) is 17.6. The Morgan fingerprint density at radius 1 is 1.29 bits per heavy atom. The Kier molecular flexibility index (Phi) is 6.85. The SMILES string of the molecule is CCC(C)c1ccc(C(=O)NCC(C)(CC)C2CCCCO2)cc1. The lowest BCUT2D eigenvalue weighted by Crippen LogP contribution is -2.45. The summed E-state index contributed by atoms with van der Waals surface area (Å²) in [5.41, 5.74) is 2.04. The van der Waals surface area contributed by atoms with Gasteiger partial charge in [-0.15, -0.1) is 0 Å². The number of carbonyl (C=O) groups excluding carboxylic acids is 1. The largest absolute Gasteiger partial charge is 0.378 e. The van der Waals surface area contributed by atoms with Crippen LogP contribution in [0, 0.1) is 5.41 Å². The highest BCUT2D eigenvalue weighted by Gasteiger charge is 2.34. The molecule has 1 N–H and O–H groups in total. The quantitative estimate of drug-likeness (QED) is 0.770. The molecular weight excluding hydrogens is 298 g/mol. The topological polar surface area (TPSA) is 38.3 Å². The fraction of sp³-hybridized carbons (Fsp3) is 0.667. The molecule has 3 atom stereocenters. The standard InChI is InChI=1S/C21H33NO2/c1-5-16(3)17-10-12-18(13-11-17)20(23)22-15-21(4,6-2)19-9-7-8-14-24-19/h10-13,16,19H,5-9,14-15H2,1-4H3,(H,22,23). The molecule has 2 rings (SSSR count). The Bertz CT molecular complexity index is 519. The Morgan fingerprint density at radius 3 is 2.54 bits per heavy atom. The first-order valence-electron chi connectivity index (χ1n) is 9.50. The third-order valence-corrected chi connectivity index (χ3v) is 5.77. The molecule has 1 amide bonds. The molecule has 0 saturated carbocycles. The normalized spacial score (nSPS) is 21.8. The van der Waals surface area contributed by atoms with Crippen molar-refractivity contribution in [2.75, 3.05) is 13.2 Å². The zero-order valence-corrected chi connectivity index (χ0v) is 15.7. The average molecular weight is 332 g/mol. The Hall–Kier alpha value is -1.35. The monoisotopic (exact) mass is 331 g/mol. The molecule has 0 bridgehead atoms. The van der Waals surface area contributed by atoms with Crippen molar-refractivity contribution in [3.05, 3.63) is 35.4 Å². The summed E-state index contributed by atoms with van der Waals surface area (Å²) in [5, 5.41) is 3.13. The molecule has 1 aliphatic heterocycles. The Labute approximate surface area is 147 Å². The van der Waals surface area contributed by atoms with Crippen LogP contribution in [0.5, 0.6) is 0 Å². The van der Waals surface area contributed by atoms with E-state index in [1.54, 1.807) is 0 Å². The van der Waals surface area contributed by atoms with Gasteiger partial charge in [0.25, 0.3) is 5.91 Å². The lowest BCUT2D eigenvalue weighted by atomic mass is 9.78. The van der Waals surface area contributed by atoms with Gasteiger partial charge in [-0.25, -0.2) is 0 Å². The van der Waals surface area contributed by atoms with Crippen LogP contribution in [0.2, 0.25) is 0 Å². The summed E-state index contributed by atoms with van der Waals surface area (Å²) >= 11 is 0. The predicted octanol–water partition coefficient (Wildman–Crippen LogP) is 4.92. The van der Waals surface area contributed by atoms with E-state index in [9.17, 15) is 4.79 Å². The summed E-state index contributed by atoms with van der Waals surface area (Å²) in [7, 11) is 0. The second-order valence-electron chi connectivity index (χ2n) is 7.48. The zero-order valence-electron chi connectivity index (χ0n) is 15.7. The highest BCUT2D eigenvalue weighted by molar-refractivity contribution is 5.94. The minimum absolute atomic E-state index is 0.00669. The van der Waals surface area contributed by atoms with Gasteiger partial charge in [-0.1, -0.05) is 39.8 Å². The fourth-order valence-corrected chi connectivity index (χ4v) is 3.34. The molecule has 1 aromatic carbocycles. The first-order valence-corrected chi connectivity index (χ1v) is 9.50. The molecule has 1 saturated heterocycles. The van der Waals surface area contributed by atoms with Gasteiger partial charge in [-0.2, -0.15) is 0 Å². The van der Waals surface area contributed by atoms with Crippen molar-refractivity contribution in [1.29, 1.82) is 0 Å². The number of nitrogens with one attached hydrogen (secondary N) is 1. The van der Waals surface area contributed by atoms with Crippen molar-refractivity contribution in [3.8, 4) is 0 Å². The van der Waals surface area contributed by atoms with Crippen LogP contribution in [0.1, 0.15) is 81.6 Å². The van der Waals surface area contributed by atoms with Crippen LogP contribution in [0.4, 0.5) is 0 Å². The summed E-state index contributed by atoms with van der Waals surface area (Å²) in [5.74, 6) is 0.551. The smallest absolute Gasteiger partial charge is 0.251 e. The molecule has 134 valence electrons. The molecule has 1 aromatic rings. The van der Waals surface area contributed by atoms with Crippen molar-refractivity contribution in [3.63, 3.8) is 0 Å². The minimum Gasteiger partial charge on any atom is -0.378 e. The van der Waals surface area contributed by atoms with Gasteiger partial charge >= 0.3 is 0 Å². The van der Waals surface area contributed by atoms with Crippen molar-refractivity contribution in [2.24, 2.45) is 5.41 Å². The number of ether oxygens (including phenoxy) is 1. The van der Waals surface area contributed by atoms with Crippen LogP contribution in [0.25, 0.3) is 0 Å². The highest BCUT2D eigenvalue weighted by atomic mass is 16.5. The van der Waals surface area contributed by atoms with Gasteiger partial charge in [0.05, 0.1) is 6.10 Å². The molecule has 1 fully saturated rings. The van der Waals surface area contributed by atoms with E-state index in [2.05, 4.69) is 45.1 Å². The summed E-state index contributed by atoms with van der Waals surface area (Å²) < 4.78 is 5.98. The highest BCUT2D eigenvalue weighted by Crippen LogP contribution is 2.33. The van der Waals surface area contributed by atoms with Crippen molar-refractivity contribution < 1.29 is 9.53 Å². The minimum atomic E-state index is 0.00669. The maximum absolute atomic E-state index is 12.5. The lowest BCUT2D eigenvalue weighted by Gasteiger charge is -2.39. The van der Waals surface area contributed by atoms with Crippen LogP contribution in [0.15, 0.2) is 24.3 Å². The van der Waals surface area contributed by atoms with Gasteiger partial charge in [0, 0.05) is 24.1 Å². The van der Waals surface area contributed by atoms with E-state index in [0.717, 1.165) is 37.9 Å². The molecule has 0 radical (unpaired) electrons. The van der Waals surface area contributed by atoms with E-state index in [4.69, 9.17) is 4.74 Å². The Morgan fingerprint density at radius 2 is 2.00 bits per heavy atom. The first-order chi connectivity index (χ1) is 11.5. The predicted molar refractivity (Wildman–Crippen MR) is 99.5 cm³/mol. The summed E-state index contributed by atoms with van der Waals surface area (Å²) in [6.45, 7) is 10.3. The lowest BCUT2D eigenvalue weighted by molar-refractivity contribution is -0.0619. The van der Waals surface area contributed by atoms with Gasteiger partial charge in [0.15, 0.2) is 0 Å². The van der Waals surface area contributed by atoms with Crippen molar-refractivity contribution >= 4 is 5.91 Å². The number of carbonyl (C=O) groups is 1. The van der Waals surface area contributed by atoms with E-state index in [1.807, 2.05) is 12.1 Å². The van der Waals surface area contributed by atoms with Crippen LogP contribution in [0.3, 0.4) is 0 Å². The molecule has 1 heterocycles. The van der Waals surface area contributed by atoms with Gasteiger partial charge < -0.3 is 10.1 Å². The van der Waals surface area contributed by atoms with E-state index in [1.165, 1.54) is 12.0 Å². The Balaban J connectivity index is 1.95. The fourth-order valence-electron chi connectivity index (χ4n) is 3.34. The van der Waals surface area contributed by atoms with Crippen molar-refractivity contribution in [2.45, 2.75) is 71.8 Å². The number of amides is 1. The third-order valence-electron chi connectivity index (χ3n) is 5.77. The molecule has 3 heteroatoms. The van der Waals surface area contributed by atoms with Crippen LogP contribution < -0.4 is 5.32 Å². The summed E-state index contributed by atoms with van der Waals surface area (Å²) in [4.78, 5) is 12.5. The maximum atomic E-state index is 12.5. The molecule has 0 aliphatic carbocycles. The molecule has 0 spiro atoms. The van der Waals surface area contributed by atoms with Crippen molar-refractivity contribution in [1.82, 2.24) is 5.32 Å². The van der Waals surface area contributed by atoms with Crippen LogP contribution >= 0.6 is 0 Å². The van der Waals surface area contributed by atoms with Gasteiger partial charge in [0.2, 0.25) is 0 Å². The van der Waals surface area contributed by atoms with E-state index in [0.29, 0.717) is 12.5 Å². The summed E-state index contributed by atoms with van der Waals surface area (Å²) in [6, 6.07) is 8.03. The van der Waals surface area contributed by atoms with E-state index in [-0.39, 0.29) is 17.4 Å². The van der Waals surface area contributed by atoms with Crippen LogP contribution in [-0.4, -0.2) is 25.2 Å². The summed E-state index contributed by atoms with van der Waals surface area (Å²) in [6.07, 6.45) is 5.86. The molecular formula is C21H33NO2. The molecule has 0 aromatic heterocycles. The van der Waals surface area contributed by atoms with Crippen LogP contribution in [-0.2, 0) is 4.74 Å². The number of benzene rings is 1. The third kappa shape index (κ3) is 4.60. The van der Waals surface area contributed by atoms with E-state index >= 15 is 0 Å². The maximum Gasteiger partial charge on any atom is 0.251 e. The second kappa shape index (κ2) is 8.66. The molecule has 3 unspecified atom stereocenters. The first kappa shape index (κ1) is 19.0. The molecule has 3 nitrogen and oxygen atoms in total. The molecule has 24 heavy (non-hydrogen) atoms. The number of hydrogen-bond acceptors (Lipinski definition) is 2. The van der Waals surface area contributed by atoms with Gasteiger partial charge in [0.1, 0.15) is 0 Å². The molecule has 1 aliphatic rings. The number of hydrogen-bond donors (Lipinski definition) is 1. The number of rotatable bonds is 7. The van der Waals surface area contributed by atoms with Gasteiger partial charge in [-0.05, 0) is 55.7 Å². The second-order valence-corrected chi connectivity index (χ2v) is 7.48. The van der Waals surface area contributed by atoms with E-state index < -0.39 is 0 Å². The van der Waals surface area contributed by atoms with Gasteiger partial charge in [-0.3, -0.25) is 4.79 Å².